The number of nitrogens with one attached hydrogen (secondary N) is 1. The Hall–Kier alpha value is -1.55. The summed E-state index contributed by atoms with van der Waals surface area (Å²) < 4.78 is 5.54. The van der Waals surface area contributed by atoms with Crippen LogP contribution in [0.3, 0.4) is 0 Å². The van der Waals surface area contributed by atoms with Gasteiger partial charge in [-0.25, -0.2) is 0 Å². The molecule has 2 atom stereocenters. The van der Waals surface area contributed by atoms with Gasteiger partial charge in [-0.3, -0.25) is 4.79 Å². The van der Waals surface area contributed by atoms with Gasteiger partial charge in [0, 0.05) is 31.5 Å². The first-order chi connectivity index (χ1) is 9.54. The Morgan fingerprint density at radius 3 is 2.80 bits per heavy atom. The number of aryl methyl sites for hydroxylation is 1. The normalized spacial score (nSPS) is 21.8. The summed E-state index contributed by atoms with van der Waals surface area (Å²) in [6.07, 6.45) is 1.03. The maximum atomic E-state index is 12.5. The van der Waals surface area contributed by atoms with Crippen molar-refractivity contribution in [3.8, 4) is 0 Å². The fourth-order valence-corrected chi connectivity index (χ4v) is 2.77. The Balaban J connectivity index is 2.14. The highest BCUT2D eigenvalue weighted by molar-refractivity contribution is 5.95. The maximum Gasteiger partial charge on any atom is 0.253 e. The summed E-state index contributed by atoms with van der Waals surface area (Å²) in [5, 5.41) is 3.29. The molecule has 1 saturated heterocycles. The van der Waals surface area contributed by atoms with Gasteiger partial charge in [-0.2, -0.15) is 0 Å². The molecule has 1 aromatic rings. The second-order valence-electron chi connectivity index (χ2n) is 5.41. The van der Waals surface area contributed by atoms with Gasteiger partial charge in [-0.15, -0.1) is 0 Å². The molecular formula is C16H24N2O2. The zero-order valence-electron chi connectivity index (χ0n) is 12.8. The van der Waals surface area contributed by atoms with Crippen molar-refractivity contribution in [3.05, 3.63) is 29.3 Å². The molecule has 0 bridgehead atoms. The van der Waals surface area contributed by atoms with Gasteiger partial charge in [0.25, 0.3) is 5.91 Å². The molecule has 1 aliphatic rings. The average molecular weight is 276 g/mol. The minimum absolute atomic E-state index is 0.0681. The zero-order chi connectivity index (χ0) is 14.7. The highest BCUT2D eigenvalue weighted by atomic mass is 16.5. The Morgan fingerprint density at radius 2 is 2.25 bits per heavy atom. The van der Waals surface area contributed by atoms with E-state index in [-0.39, 0.29) is 18.1 Å². The van der Waals surface area contributed by atoms with E-state index in [9.17, 15) is 4.79 Å². The topological polar surface area (TPSA) is 41.6 Å². The van der Waals surface area contributed by atoms with Crippen LogP contribution >= 0.6 is 0 Å². The second-order valence-corrected chi connectivity index (χ2v) is 5.41. The molecule has 0 radical (unpaired) electrons. The molecule has 1 amide bonds. The fourth-order valence-electron chi connectivity index (χ4n) is 2.77. The summed E-state index contributed by atoms with van der Waals surface area (Å²) in [4.78, 5) is 14.4. The molecule has 2 unspecified atom stereocenters. The van der Waals surface area contributed by atoms with E-state index in [2.05, 4.69) is 12.2 Å². The number of rotatable bonds is 4. The molecule has 0 aromatic heterocycles. The van der Waals surface area contributed by atoms with Crippen LogP contribution in [0, 0.1) is 6.92 Å². The van der Waals surface area contributed by atoms with Crippen LogP contribution in [0.4, 0.5) is 5.69 Å². The van der Waals surface area contributed by atoms with Crippen LogP contribution in [-0.2, 0) is 4.74 Å². The van der Waals surface area contributed by atoms with Crippen molar-refractivity contribution in [1.82, 2.24) is 4.90 Å². The lowest BCUT2D eigenvalue weighted by Crippen LogP contribution is -2.41. The minimum Gasteiger partial charge on any atom is -0.385 e. The first kappa shape index (κ1) is 14.9. The highest BCUT2D eigenvalue weighted by Gasteiger charge is 2.31. The summed E-state index contributed by atoms with van der Waals surface area (Å²) in [6, 6.07) is 6.01. The van der Waals surface area contributed by atoms with Crippen molar-refractivity contribution < 1.29 is 9.53 Å². The van der Waals surface area contributed by atoms with Gasteiger partial charge in [0.2, 0.25) is 0 Å². The molecule has 1 aliphatic heterocycles. The van der Waals surface area contributed by atoms with Gasteiger partial charge in [-0.1, -0.05) is 0 Å². The Bertz CT molecular complexity index is 487. The van der Waals surface area contributed by atoms with Gasteiger partial charge in [-0.05, 0) is 51.0 Å². The third-order valence-corrected chi connectivity index (χ3v) is 3.99. The number of benzene rings is 1. The van der Waals surface area contributed by atoms with Crippen molar-refractivity contribution in [2.45, 2.75) is 39.3 Å². The zero-order valence-corrected chi connectivity index (χ0v) is 12.8. The van der Waals surface area contributed by atoms with Crippen LogP contribution in [0.1, 0.15) is 36.2 Å². The van der Waals surface area contributed by atoms with Crippen molar-refractivity contribution >= 4 is 11.6 Å². The summed E-state index contributed by atoms with van der Waals surface area (Å²) >= 11 is 0. The summed E-state index contributed by atoms with van der Waals surface area (Å²) in [5.41, 5.74) is 2.93. The highest BCUT2D eigenvalue weighted by Crippen LogP contribution is 2.22. The number of ether oxygens (including phenoxy) is 1. The van der Waals surface area contributed by atoms with E-state index < -0.39 is 0 Å². The van der Waals surface area contributed by atoms with Crippen molar-refractivity contribution in [3.63, 3.8) is 0 Å². The molecule has 0 aliphatic carbocycles. The van der Waals surface area contributed by atoms with Crippen LogP contribution in [-0.4, -0.2) is 43.2 Å². The van der Waals surface area contributed by atoms with Gasteiger partial charge in [0.1, 0.15) is 0 Å². The molecule has 20 heavy (non-hydrogen) atoms. The molecule has 0 spiro atoms. The number of amides is 1. The molecule has 110 valence electrons. The number of hydrogen-bond acceptors (Lipinski definition) is 3. The third-order valence-electron chi connectivity index (χ3n) is 3.99. The Kier molecular flexibility index (Phi) is 4.65. The quantitative estimate of drug-likeness (QED) is 0.919. The maximum absolute atomic E-state index is 12.5. The lowest BCUT2D eigenvalue weighted by Gasteiger charge is -2.27. The number of carbonyl (C=O) groups is 1. The summed E-state index contributed by atoms with van der Waals surface area (Å²) in [6.45, 7) is 7.73. The van der Waals surface area contributed by atoms with Gasteiger partial charge < -0.3 is 15.0 Å². The molecule has 0 saturated carbocycles. The van der Waals surface area contributed by atoms with E-state index in [4.69, 9.17) is 4.74 Å². The van der Waals surface area contributed by atoms with Crippen LogP contribution in [0.25, 0.3) is 0 Å². The monoisotopic (exact) mass is 276 g/mol. The van der Waals surface area contributed by atoms with Crippen molar-refractivity contribution in [2.75, 3.05) is 25.5 Å². The second kappa shape index (κ2) is 6.27. The number of hydrogen-bond donors (Lipinski definition) is 1. The summed E-state index contributed by atoms with van der Waals surface area (Å²) in [5.74, 6) is 0.0681. The largest absolute Gasteiger partial charge is 0.385 e. The molecule has 1 aromatic carbocycles. The van der Waals surface area contributed by atoms with Crippen molar-refractivity contribution in [2.24, 2.45) is 0 Å². The lowest BCUT2D eigenvalue weighted by atomic mass is 10.1. The van der Waals surface area contributed by atoms with E-state index in [0.29, 0.717) is 0 Å². The number of nitrogens with zero attached hydrogens (tertiary/aromatic N) is 1. The molecule has 4 nitrogen and oxygen atoms in total. The molecule has 1 N–H and O–H groups in total. The van der Waals surface area contributed by atoms with Crippen LogP contribution < -0.4 is 5.32 Å². The van der Waals surface area contributed by atoms with Crippen LogP contribution in [0.2, 0.25) is 0 Å². The first-order valence-corrected chi connectivity index (χ1v) is 7.28. The predicted octanol–water partition coefficient (Wildman–Crippen LogP) is 2.68. The first-order valence-electron chi connectivity index (χ1n) is 7.28. The predicted molar refractivity (Wildman–Crippen MR) is 81.3 cm³/mol. The molecule has 4 heteroatoms. The molecule has 1 fully saturated rings. The van der Waals surface area contributed by atoms with E-state index >= 15 is 0 Å². The van der Waals surface area contributed by atoms with Crippen LogP contribution in [0.15, 0.2) is 18.2 Å². The smallest absolute Gasteiger partial charge is 0.253 e. The van der Waals surface area contributed by atoms with Crippen LogP contribution in [0.5, 0.6) is 0 Å². The van der Waals surface area contributed by atoms with E-state index in [1.807, 2.05) is 44.0 Å². The SMILES string of the molecule is CCNc1ccc(C(=O)N(C)C2CCOC2C)cc1C. The van der Waals surface area contributed by atoms with Crippen molar-refractivity contribution in [1.29, 1.82) is 0 Å². The summed E-state index contributed by atoms with van der Waals surface area (Å²) in [7, 11) is 1.87. The third kappa shape index (κ3) is 2.96. The van der Waals surface area contributed by atoms with E-state index in [1.165, 1.54) is 0 Å². The number of anilines is 1. The molecular weight excluding hydrogens is 252 g/mol. The van der Waals surface area contributed by atoms with E-state index in [1.54, 1.807) is 0 Å². The van der Waals surface area contributed by atoms with Gasteiger partial charge >= 0.3 is 0 Å². The Morgan fingerprint density at radius 1 is 1.50 bits per heavy atom. The van der Waals surface area contributed by atoms with Gasteiger partial charge in [0.05, 0.1) is 12.1 Å². The number of carbonyl (C=O) groups excluding carboxylic acids is 1. The number of likely N-dealkylation sites (N-methyl/N-ethyl adjacent to an activating group) is 1. The van der Waals surface area contributed by atoms with E-state index in [0.717, 1.165) is 36.4 Å². The standard InChI is InChI=1S/C16H24N2O2/c1-5-17-14-7-6-13(10-11(14)2)16(19)18(4)15-8-9-20-12(15)3/h6-7,10,12,15,17H,5,8-9H2,1-4H3. The molecule has 1 heterocycles. The molecule has 2 rings (SSSR count). The Labute approximate surface area is 121 Å². The minimum atomic E-state index is 0.0681. The average Bonchev–Trinajstić information content (AvgIpc) is 2.86. The fraction of sp³-hybridized carbons (Fsp3) is 0.562. The van der Waals surface area contributed by atoms with Gasteiger partial charge in [0.15, 0.2) is 0 Å². The lowest BCUT2D eigenvalue weighted by molar-refractivity contribution is 0.0574.